The topological polar surface area (TPSA) is 38.8 Å². The van der Waals surface area contributed by atoms with Gasteiger partial charge in [0.05, 0.1) is 13.2 Å². The molecule has 136 valence electrons. The Labute approximate surface area is 162 Å². The van der Waals surface area contributed by atoms with E-state index in [1.165, 1.54) is 0 Å². The van der Waals surface area contributed by atoms with Gasteiger partial charge < -0.3 is 9.47 Å². The van der Waals surface area contributed by atoms with Gasteiger partial charge in [-0.3, -0.25) is 9.69 Å². The number of carbonyl (C=O) groups excluding carboxylic acids is 1. The molecular formula is C21H22BrNO3. The first-order valence-electron chi connectivity index (χ1n) is 8.72. The van der Waals surface area contributed by atoms with Crippen LogP contribution in [0.5, 0.6) is 5.75 Å². The molecule has 26 heavy (non-hydrogen) atoms. The lowest BCUT2D eigenvalue weighted by molar-refractivity contribution is 0.0322. The van der Waals surface area contributed by atoms with E-state index in [4.69, 9.17) is 9.47 Å². The molecule has 0 spiro atoms. The Morgan fingerprint density at radius 3 is 2.65 bits per heavy atom. The largest absolute Gasteiger partial charge is 0.492 e. The van der Waals surface area contributed by atoms with Crippen LogP contribution in [0.25, 0.3) is 6.08 Å². The Morgan fingerprint density at radius 1 is 1.15 bits per heavy atom. The summed E-state index contributed by atoms with van der Waals surface area (Å²) in [4.78, 5) is 14.5. The number of morpholine rings is 1. The fourth-order valence-corrected chi connectivity index (χ4v) is 3.10. The molecule has 2 aromatic rings. The smallest absolute Gasteiger partial charge is 0.185 e. The summed E-state index contributed by atoms with van der Waals surface area (Å²) in [5.74, 6) is 0.825. The normalized spacial score (nSPS) is 15.3. The van der Waals surface area contributed by atoms with Crippen molar-refractivity contribution in [2.24, 2.45) is 0 Å². The lowest BCUT2D eigenvalue weighted by Gasteiger charge is -2.26. The Morgan fingerprint density at radius 2 is 1.92 bits per heavy atom. The second kappa shape index (κ2) is 9.67. The van der Waals surface area contributed by atoms with Gasteiger partial charge in [0.2, 0.25) is 0 Å². The van der Waals surface area contributed by atoms with Crippen molar-refractivity contribution in [1.29, 1.82) is 0 Å². The summed E-state index contributed by atoms with van der Waals surface area (Å²) in [5, 5.41) is 0. The third-order valence-corrected chi connectivity index (χ3v) is 4.69. The highest BCUT2D eigenvalue weighted by Crippen LogP contribution is 2.15. The zero-order valence-electron chi connectivity index (χ0n) is 14.6. The third-order valence-electron chi connectivity index (χ3n) is 4.20. The average molecular weight is 416 g/mol. The highest BCUT2D eigenvalue weighted by atomic mass is 79.9. The summed E-state index contributed by atoms with van der Waals surface area (Å²) < 4.78 is 12.0. The number of nitrogens with zero attached hydrogens (tertiary/aromatic N) is 1. The lowest BCUT2D eigenvalue weighted by Crippen LogP contribution is -2.38. The van der Waals surface area contributed by atoms with Crippen LogP contribution in [0, 0.1) is 0 Å². The number of halogens is 1. The molecule has 1 aliphatic heterocycles. The number of benzene rings is 2. The van der Waals surface area contributed by atoms with E-state index in [-0.39, 0.29) is 5.78 Å². The van der Waals surface area contributed by atoms with E-state index in [0.29, 0.717) is 12.2 Å². The van der Waals surface area contributed by atoms with E-state index in [2.05, 4.69) is 20.8 Å². The minimum Gasteiger partial charge on any atom is -0.492 e. The Hall–Kier alpha value is -1.95. The molecule has 0 aromatic heterocycles. The van der Waals surface area contributed by atoms with Crippen molar-refractivity contribution in [1.82, 2.24) is 4.90 Å². The van der Waals surface area contributed by atoms with E-state index in [1.807, 2.05) is 54.6 Å². The number of hydrogen-bond acceptors (Lipinski definition) is 4. The maximum Gasteiger partial charge on any atom is 0.185 e. The predicted molar refractivity (Wildman–Crippen MR) is 107 cm³/mol. The van der Waals surface area contributed by atoms with Gasteiger partial charge in [0.25, 0.3) is 0 Å². The summed E-state index contributed by atoms with van der Waals surface area (Å²) in [7, 11) is 0. The van der Waals surface area contributed by atoms with E-state index < -0.39 is 0 Å². The second-order valence-electron chi connectivity index (χ2n) is 6.08. The molecule has 0 atom stereocenters. The Balaban J connectivity index is 1.48. The molecule has 0 saturated carbocycles. The molecule has 2 aromatic carbocycles. The van der Waals surface area contributed by atoms with Crippen molar-refractivity contribution in [3.05, 3.63) is 70.2 Å². The maximum atomic E-state index is 12.2. The van der Waals surface area contributed by atoms with Crippen molar-refractivity contribution >= 4 is 27.8 Å². The van der Waals surface area contributed by atoms with E-state index in [0.717, 1.165) is 48.6 Å². The second-order valence-corrected chi connectivity index (χ2v) is 7.00. The molecule has 0 amide bonds. The van der Waals surface area contributed by atoms with Crippen molar-refractivity contribution in [3.63, 3.8) is 0 Å². The monoisotopic (exact) mass is 415 g/mol. The molecule has 0 unspecified atom stereocenters. The fraction of sp³-hybridized carbons (Fsp3) is 0.286. The molecule has 1 saturated heterocycles. The first-order valence-corrected chi connectivity index (χ1v) is 9.51. The third kappa shape index (κ3) is 5.80. The van der Waals surface area contributed by atoms with Gasteiger partial charge in [-0.25, -0.2) is 0 Å². The molecule has 0 bridgehead atoms. The minimum atomic E-state index is -0.0165. The van der Waals surface area contributed by atoms with Crippen molar-refractivity contribution in [3.8, 4) is 5.75 Å². The molecule has 5 heteroatoms. The van der Waals surface area contributed by atoms with Crippen LogP contribution in [0.4, 0.5) is 0 Å². The van der Waals surface area contributed by atoms with Crippen molar-refractivity contribution in [2.75, 3.05) is 39.5 Å². The number of carbonyl (C=O) groups is 1. The minimum absolute atomic E-state index is 0.0165. The molecule has 0 radical (unpaired) electrons. The first-order chi connectivity index (χ1) is 12.7. The van der Waals surface area contributed by atoms with E-state index in [1.54, 1.807) is 6.08 Å². The van der Waals surface area contributed by atoms with Gasteiger partial charge >= 0.3 is 0 Å². The molecule has 1 fully saturated rings. The van der Waals surface area contributed by atoms with Crippen LogP contribution < -0.4 is 4.74 Å². The SMILES string of the molecule is O=C(/C=C/c1ccc(OCCN2CCOCC2)cc1)c1cccc(Br)c1. The Bertz CT molecular complexity index is 752. The molecule has 1 aliphatic rings. The number of allylic oxidation sites excluding steroid dienone is 1. The van der Waals surface area contributed by atoms with Gasteiger partial charge in [-0.15, -0.1) is 0 Å². The van der Waals surface area contributed by atoms with Crippen molar-refractivity contribution < 1.29 is 14.3 Å². The number of hydrogen-bond donors (Lipinski definition) is 0. The zero-order valence-corrected chi connectivity index (χ0v) is 16.2. The first kappa shape index (κ1) is 18.8. The van der Waals surface area contributed by atoms with Crippen LogP contribution in [-0.4, -0.2) is 50.1 Å². The summed E-state index contributed by atoms with van der Waals surface area (Å²) in [6.45, 7) is 5.13. The van der Waals surface area contributed by atoms with Crippen LogP contribution in [0.15, 0.2) is 59.1 Å². The molecule has 0 aliphatic carbocycles. The zero-order chi connectivity index (χ0) is 18.2. The maximum absolute atomic E-state index is 12.2. The Kier molecular flexibility index (Phi) is 7.00. The van der Waals surface area contributed by atoms with E-state index in [9.17, 15) is 4.79 Å². The van der Waals surface area contributed by atoms with Crippen LogP contribution in [0.1, 0.15) is 15.9 Å². The molecule has 3 rings (SSSR count). The van der Waals surface area contributed by atoms with Gasteiger partial charge in [0, 0.05) is 29.7 Å². The lowest BCUT2D eigenvalue weighted by atomic mass is 10.1. The van der Waals surface area contributed by atoms with E-state index >= 15 is 0 Å². The van der Waals surface area contributed by atoms with Crippen molar-refractivity contribution in [2.45, 2.75) is 0 Å². The fourth-order valence-electron chi connectivity index (χ4n) is 2.70. The molecule has 4 nitrogen and oxygen atoms in total. The number of rotatable bonds is 7. The number of ether oxygens (including phenoxy) is 2. The van der Waals surface area contributed by atoms with Crippen LogP contribution >= 0.6 is 15.9 Å². The van der Waals surface area contributed by atoms with Gasteiger partial charge in [-0.05, 0) is 35.9 Å². The summed E-state index contributed by atoms with van der Waals surface area (Å²) in [6.07, 6.45) is 3.41. The quantitative estimate of drug-likeness (QED) is 0.504. The highest BCUT2D eigenvalue weighted by Gasteiger charge is 2.09. The standard InChI is InChI=1S/C21H22BrNO3/c22-19-3-1-2-18(16-19)21(24)9-6-17-4-7-20(8-5-17)26-15-12-23-10-13-25-14-11-23/h1-9,16H,10-15H2/b9-6+. The highest BCUT2D eigenvalue weighted by molar-refractivity contribution is 9.10. The number of ketones is 1. The average Bonchev–Trinajstić information content (AvgIpc) is 2.68. The molecule has 0 N–H and O–H groups in total. The van der Waals surface area contributed by atoms with Gasteiger partial charge in [0.15, 0.2) is 5.78 Å². The van der Waals surface area contributed by atoms with Gasteiger partial charge in [-0.2, -0.15) is 0 Å². The van der Waals surface area contributed by atoms with Crippen LogP contribution in [0.3, 0.4) is 0 Å². The summed E-state index contributed by atoms with van der Waals surface area (Å²) in [5.41, 5.74) is 1.63. The van der Waals surface area contributed by atoms with Gasteiger partial charge in [0.1, 0.15) is 12.4 Å². The summed E-state index contributed by atoms with van der Waals surface area (Å²) in [6, 6.07) is 15.2. The molecule has 1 heterocycles. The molecular weight excluding hydrogens is 394 g/mol. The van der Waals surface area contributed by atoms with Crippen LogP contribution in [0.2, 0.25) is 0 Å². The predicted octanol–water partition coefficient (Wildman–Crippen LogP) is 4.06. The summed E-state index contributed by atoms with van der Waals surface area (Å²) >= 11 is 3.38. The van der Waals surface area contributed by atoms with Crippen LogP contribution in [-0.2, 0) is 4.74 Å². The van der Waals surface area contributed by atoms with Gasteiger partial charge in [-0.1, -0.05) is 46.3 Å².